The normalized spacial score (nSPS) is 12.3. The van der Waals surface area contributed by atoms with E-state index in [2.05, 4.69) is 18.6 Å². The fourth-order valence-electron chi connectivity index (χ4n) is 4.02. The molecule has 2 aromatic carbocycles. The van der Waals surface area contributed by atoms with Crippen molar-refractivity contribution in [3.05, 3.63) is 76.6 Å². The monoisotopic (exact) mass is 515 g/mol. The summed E-state index contributed by atoms with van der Waals surface area (Å²) in [6.45, 7) is 8.45. The third kappa shape index (κ3) is 6.35. The summed E-state index contributed by atoms with van der Waals surface area (Å²) in [5.74, 6) is 0.386. The Bertz CT molecular complexity index is 1410. The van der Waals surface area contributed by atoms with E-state index >= 15 is 0 Å². The molecule has 0 amide bonds. The van der Waals surface area contributed by atoms with Crippen molar-refractivity contribution in [3.63, 3.8) is 0 Å². The summed E-state index contributed by atoms with van der Waals surface area (Å²) in [5.41, 5.74) is 12.5. The molecule has 0 radical (unpaired) electrons. The molecule has 7 nitrogen and oxygen atoms in total. The number of nitrogens with two attached hydrogens (primary N) is 1. The fraction of sp³-hybridized carbons (Fsp3) is 0.346. The summed E-state index contributed by atoms with van der Waals surface area (Å²) in [6, 6.07) is 13.2. The van der Waals surface area contributed by atoms with E-state index < -0.39 is 19.9 Å². The number of aromatic nitrogens is 1. The largest absolute Gasteiger partial charge is 0.326 e. The first-order chi connectivity index (χ1) is 16.3. The van der Waals surface area contributed by atoms with Crippen LogP contribution in [0.5, 0.6) is 0 Å². The highest BCUT2D eigenvalue weighted by Gasteiger charge is 2.22. The van der Waals surface area contributed by atoms with Gasteiger partial charge in [0.15, 0.2) is 9.84 Å². The number of aryl methyl sites for hydroxylation is 2. The molecule has 1 heterocycles. The van der Waals surface area contributed by atoms with Gasteiger partial charge in [-0.3, -0.25) is 4.98 Å². The molecular weight excluding hydrogens is 482 g/mol. The minimum absolute atomic E-state index is 0.0112. The lowest BCUT2D eigenvalue weighted by molar-refractivity contribution is 0.580. The van der Waals surface area contributed by atoms with Gasteiger partial charge in [-0.1, -0.05) is 43.7 Å². The van der Waals surface area contributed by atoms with Crippen molar-refractivity contribution in [2.24, 2.45) is 11.7 Å². The third-order valence-corrected chi connectivity index (χ3v) is 8.38. The molecule has 188 valence electrons. The second-order valence-corrected chi connectivity index (χ2v) is 13.0. The first-order valence-electron chi connectivity index (χ1n) is 11.4. The molecule has 0 aliphatic heterocycles. The van der Waals surface area contributed by atoms with E-state index in [1.807, 2.05) is 38.1 Å². The maximum Gasteiger partial charge on any atom is 0.240 e. The van der Waals surface area contributed by atoms with Gasteiger partial charge in [0.1, 0.15) is 0 Å². The van der Waals surface area contributed by atoms with E-state index in [0.29, 0.717) is 5.92 Å². The van der Waals surface area contributed by atoms with E-state index in [4.69, 9.17) is 10.7 Å². The van der Waals surface area contributed by atoms with Crippen LogP contribution in [-0.2, 0) is 39.4 Å². The van der Waals surface area contributed by atoms with Gasteiger partial charge in [-0.05, 0) is 72.7 Å². The Hall–Kier alpha value is -2.59. The molecule has 1 aromatic heterocycles. The number of hydrogen-bond donors (Lipinski definition) is 2. The summed E-state index contributed by atoms with van der Waals surface area (Å²) in [5, 5.41) is 0. The summed E-state index contributed by atoms with van der Waals surface area (Å²) in [7, 11) is -7.32. The predicted molar refractivity (Wildman–Crippen MR) is 139 cm³/mol. The minimum atomic E-state index is -3.90. The van der Waals surface area contributed by atoms with Crippen LogP contribution in [0, 0.1) is 19.8 Å². The highest BCUT2D eigenvalue weighted by molar-refractivity contribution is 7.90. The Morgan fingerprint density at radius 3 is 1.97 bits per heavy atom. The number of sulfone groups is 1. The zero-order valence-corrected chi connectivity index (χ0v) is 22.4. The smallest absolute Gasteiger partial charge is 0.240 e. The molecule has 9 heteroatoms. The van der Waals surface area contributed by atoms with E-state index in [-0.39, 0.29) is 22.9 Å². The van der Waals surface area contributed by atoms with Gasteiger partial charge in [0.25, 0.3) is 0 Å². The zero-order valence-electron chi connectivity index (χ0n) is 20.8. The topological polar surface area (TPSA) is 119 Å². The Balaban J connectivity index is 2.06. The van der Waals surface area contributed by atoms with Crippen molar-refractivity contribution >= 4 is 19.9 Å². The van der Waals surface area contributed by atoms with Crippen LogP contribution < -0.4 is 10.5 Å². The van der Waals surface area contributed by atoms with Crippen LogP contribution >= 0.6 is 0 Å². The minimum Gasteiger partial charge on any atom is -0.326 e. The SMILES string of the molecule is Cc1ccc(-c2c(CNS(=O)(=O)c3ccc(S(C)(=O)=O)cc3)c(C)nc(CC(C)C)c2CN)cc1. The van der Waals surface area contributed by atoms with Gasteiger partial charge in [-0.2, -0.15) is 0 Å². The van der Waals surface area contributed by atoms with Gasteiger partial charge >= 0.3 is 0 Å². The number of nitrogens with one attached hydrogen (secondary N) is 1. The number of pyridine rings is 1. The number of benzene rings is 2. The van der Waals surface area contributed by atoms with E-state index in [9.17, 15) is 16.8 Å². The second-order valence-electron chi connectivity index (χ2n) is 9.21. The van der Waals surface area contributed by atoms with Gasteiger partial charge in [0, 0.05) is 30.7 Å². The molecule has 0 aliphatic carbocycles. The Morgan fingerprint density at radius 1 is 0.886 bits per heavy atom. The van der Waals surface area contributed by atoms with Crippen LogP contribution in [0.4, 0.5) is 0 Å². The lowest BCUT2D eigenvalue weighted by Crippen LogP contribution is -2.25. The lowest BCUT2D eigenvalue weighted by Gasteiger charge is -2.21. The second kappa shape index (κ2) is 10.6. The van der Waals surface area contributed by atoms with Crippen LogP contribution in [0.1, 0.15) is 41.9 Å². The van der Waals surface area contributed by atoms with Gasteiger partial charge < -0.3 is 5.73 Å². The van der Waals surface area contributed by atoms with Crippen LogP contribution in [0.15, 0.2) is 58.3 Å². The number of sulfonamides is 1. The van der Waals surface area contributed by atoms with Crippen molar-refractivity contribution < 1.29 is 16.8 Å². The van der Waals surface area contributed by atoms with E-state index in [1.165, 1.54) is 24.3 Å². The van der Waals surface area contributed by atoms with Crippen LogP contribution in [0.25, 0.3) is 11.1 Å². The maximum atomic E-state index is 13.0. The number of hydrogen-bond acceptors (Lipinski definition) is 6. The van der Waals surface area contributed by atoms with Gasteiger partial charge in [0.2, 0.25) is 10.0 Å². The van der Waals surface area contributed by atoms with Crippen LogP contribution in [0.3, 0.4) is 0 Å². The predicted octanol–water partition coefficient (Wildman–Crippen LogP) is 3.90. The Morgan fingerprint density at radius 2 is 1.46 bits per heavy atom. The molecule has 3 rings (SSSR count). The van der Waals surface area contributed by atoms with Crippen LogP contribution in [0.2, 0.25) is 0 Å². The quantitative estimate of drug-likeness (QED) is 0.446. The molecule has 0 spiro atoms. The van der Waals surface area contributed by atoms with E-state index in [1.54, 1.807) is 0 Å². The highest BCUT2D eigenvalue weighted by atomic mass is 32.2. The summed E-state index contributed by atoms with van der Waals surface area (Å²) in [4.78, 5) is 4.87. The van der Waals surface area contributed by atoms with Crippen molar-refractivity contribution in [1.29, 1.82) is 0 Å². The number of rotatable bonds is 9. The summed E-state index contributed by atoms with van der Waals surface area (Å²) < 4.78 is 52.1. The molecule has 0 unspecified atom stereocenters. The lowest BCUT2D eigenvalue weighted by atomic mass is 9.90. The highest BCUT2D eigenvalue weighted by Crippen LogP contribution is 2.33. The Labute approximate surface area is 208 Å². The maximum absolute atomic E-state index is 13.0. The molecule has 0 bridgehead atoms. The van der Waals surface area contributed by atoms with Crippen LogP contribution in [-0.4, -0.2) is 28.1 Å². The van der Waals surface area contributed by atoms with Crippen molar-refractivity contribution in [3.8, 4) is 11.1 Å². The molecule has 35 heavy (non-hydrogen) atoms. The van der Waals surface area contributed by atoms with Crippen molar-refractivity contribution in [1.82, 2.24) is 9.71 Å². The molecule has 0 saturated heterocycles. The van der Waals surface area contributed by atoms with Gasteiger partial charge in [-0.15, -0.1) is 0 Å². The average Bonchev–Trinajstić information content (AvgIpc) is 2.78. The standard InChI is InChI=1S/C26H33N3O4S2/c1-17(2)14-25-23(15-27)26(20-8-6-18(3)7-9-20)24(19(4)29-25)16-28-35(32,33)22-12-10-21(11-13-22)34(5,30)31/h6-13,17,28H,14-16,27H2,1-5H3. The molecule has 0 saturated carbocycles. The zero-order chi connectivity index (χ0) is 26.0. The first kappa shape index (κ1) is 27.0. The average molecular weight is 516 g/mol. The molecule has 3 aromatic rings. The third-order valence-electron chi connectivity index (χ3n) is 5.84. The van der Waals surface area contributed by atoms with Crippen molar-refractivity contribution in [2.45, 2.75) is 57.0 Å². The van der Waals surface area contributed by atoms with Gasteiger partial charge in [0.05, 0.1) is 9.79 Å². The molecule has 0 atom stereocenters. The molecule has 0 fully saturated rings. The Kier molecular flexibility index (Phi) is 8.16. The number of nitrogens with zero attached hydrogens (tertiary/aromatic N) is 1. The molecule has 3 N–H and O–H groups in total. The first-order valence-corrected chi connectivity index (χ1v) is 14.8. The summed E-state index contributed by atoms with van der Waals surface area (Å²) >= 11 is 0. The summed E-state index contributed by atoms with van der Waals surface area (Å²) in [6.07, 6.45) is 1.85. The van der Waals surface area contributed by atoms with Crippen molar-refractivity contribution in [2.75, 3.05) is 6.26 Å². The van der Waals surface area contributed by atoms with Gasteiger partial charge in [-0.25, -0.2) is 21.6 Å². The fourth-order valence-corrected chi connectivity index (χ4v) is 5.65. The molecular formula is C26H33N3O4S2. The van der Waals surface area contributed by atoms with E-state index in [0.717, 1.165) is 51.9 Å². The molecule has 0 aliphatic rings.